The van der Waals surface area contributed by atoms with Gasteiger partial charge in [-0.3, -0.25) is 0 Å². The molecular formula is C13H16N4O2S. The van der Waals surface area contributed by atoms with Gasteiger partial charge in [0.1, 0.15) is 5.01 Å². The first kappa shape index (κ1) is 14.4. The van der Waals surface area contributed by atoms with Crippen LogP contribution in [0.4, 0.5) is 5.95 Å². The molecule has 0 aliphatic heterocycles. The van der Waals surface area contributed by atoms with E-state index in [9.17, 15) is 4.79 Å². The SMILES string of the molecule is CCOC(=O)c1cnc(NCc2nc(C)cs2)nc1C. The predicted molar refractivity (Wildman–Crippen MR) is 76.9 cm³/mol. The van der Waals surface area contributed by atoms with Gasteiger partial charge >= 0.3 is 5.97 Å². The molecule has 20 heavy (non-hydrogen) atoms. The summed E-state index contributed by atoms with van der Waals surface area (Å²) in [6.45, 7) is 6.37. The van der Waals surface area contributed by atoms with Crippen LogP contribution in [-0.4, -0.2) is 27.5 Å². The van der Waals surface area contributed by atoms with Gasteiger partial charge in [0.25, 0.3) is 0 Å². The highest BCUT2D eigenvalue weighted by molar-refractivity contribution is 7.09. The van der Waals surface area contributed by atoms with Crippen LogP contribution in [-0.2, 0) is 11.3 Å². The number of ether oxygens (including phenoxy) is 1. The molecule has 0 aliphatic carbocycles. The Morgan fingerprint density at radius 1 is 1.40 bits per heavy atom. The van der Waals surface area contributed by atoms with E-state index in [4.69, 9.17) is 4.74 Å². The molecule has 2 aromatic rings. The topological polar surface area (TPSA) is 77.0 Å². The van der Waals surface area contributed by atoms with E-state index in [1.165, 1.54) is 6.20 Å². The van der Waals surface area contributed by atoms with Crippen LogP contribution in [0, 0.1) is 13.8 Å². The lowest BCUT2D eigenvalue weighted by Crippen LogP contribution is -2.11. The van der Waals surface area contributed by atoms with Gasteiger partial charge in [0.2, 0.25) is 5.95 Å². The summed E-state index contributed by atoms with van der Waals surface area (Å²) in [5.74, 6) is 0.0792. The van der Waals surface area contributed by atoms with Crippen LogP contribution in [0.15, 0.2) is 11.6 Å². The lowest BCUT2D eigenvalue weighted by molar-refractivity contribution is 0.0524. The molecule has 1 N–H and O–H groups in total. The van der Waals surface area contributed by atoms with Crippen molar-refractivity contribution in [3.8, 4) is 0 Å². The maximum Gasteiger partial charge on any atom is 0.341 e. The molecule has 0 aromatic carbocycles. The zero-order valence-corrected chi connectivity index (χ0v) is 12.5. The Morgan fingerprint density at radius 2 is 2.20 bits per heavy atom. The van der Waals surface area contributed by atoms with Crippen molar-refractivity contribution in [1.29, 1.82) is 0 Å². The van der Waals surface area contributed by atoms with Crippen LogP contribution >= 0.6 is 11.3 Å². The van der Waals surface area contributed by atoms with Crippen molar-refractivity contribution in [2.24, 2.45) is 0 Å². The molecule has 2 rings (SSSR count). The molecule has 6 nitrogen and oxygen atoms in total. The fourth-order valence-electron chi connectivity index (χ4n) is 1.60. The van der Waals surface area contributed by atoms with Gasteiger partial charge in [0, 0.05) is 17.3 Å². The number of carbonyl (C=O) groups is 1. The van der Waals surface area contributed by atoms with Crippen molar-refractivity contribution in [3.05, 3.63) is 33.5 Å². The third-order valence-corrected chi connectivity index (χ3v) is 3.51. The molecule has 2 heterocycles. The van der Waals surface area contributed by atoms with Gasteiger partial charge in [-0.25, -0.2) is 19.7 Å². The maximum atomic E-state index is 11.6. The Morgan fingerprint density at radius 3 is 2.80 bits per heavy atom. The standard InChI is InChI=1S/C13H16N4O2S/c1-4-19-12(18)10-5-14-13(17-9(10)3)15-6-11-16-8(2)7-20-11/h5,7H,4,6H2,1-3H3,(H,14,15,17). The minimum Gasteiger partial charge on any atom is -0.462 e. The van der Waals surface area contributed by atoms with Crippen molar-refractivity contribution < 1.29 is 9.53 Å². The summed E-state index contributed by atoms with van der Waals surface area (Å²) in [5.41, 5.74) is 1.99. The van der Waals surface area contributed by atoms with Crippen molar-refractivity contribution in [2.45, 2.75) is 27.3 Å². The summed E-state index contributed by atoms with van der Waals surface area (Å²) in [6, 6.07) is 0. The first-order valence-corrected chi connectivity index (χ1v) is 7.13. The molecule has 0 spiro atoms. The highest BCUT2D eigenvalue weighted by Crippen LogP contribution is 2.12. The smallest absolute Gasteiger partial charge is 0.341 e. The number of hydrogen-bond donors (Lipinski definition) is 1. The number of carbonyl (C=O) groups excluding carboxylic acids is 1. The molecule has 106 valence electrons. The molecule has 0 amide bonds. The third kappa shape index (κ3) is 3.51. The quantitative estimate of drug-likeness (QED) is 0.852. The van der Waals surface area contributed by atoms with E-state index in [1.807, 2.05) is 12.3 Å². The summed E-state index contributed by atoms with van der Waals surface area (Å²) >= 11 is 1.58. The zero-order chi connectivity index (χ0) is 14.5. The summed E-state index contributed by atoms with van der Waals surface area (Å²) in [6.07, 6.45) is 1.48. The Labute approximate surface area is 121 Å². The first-order valence-electron chi connectivity index (χ1n) is 6.25. The van der Waals surface area contributed by atoms with Gasteiger partial charge in [-0.1, -0.05) is 0 Å². The molecule has 0 aliphatic rings. The van der Waals surface area contributed by atoms with E-state index in [2.05, 4.69) is 20.3 Å². The van der Waals surface area contributed by atoms with Crippen LogP contribution in [0.5, 0.6) is 0 Å². The highest BCUT2D eigenvalue weighted by atomic mass is 32.1. The van der Waals surface area contributed by atoms with Gasteiger partial charge in [0.05, 0.1) is 24.4 Å². The summed E-state index contributed by atoms with van der Waals surface area (Å²) in [4.78, 5) is 24.3. The number of nitrogens with one attached hydrogen (secondary N) is 1. The number of nitrogens with zero attached hydrogens (tertiary/aromatic N) is 3. The van der Waals surface area contributed by atoms with Crippen molar-refractivity contribution >= 4 is 23.3 Å². The molecule has 0 bridgehead atoms. The number of anilines is 1. The second kappa shape index (κ2) is 6.42. The average Bonchev–Trinajstić information content (AvgIpc) is 2.82. The first-order chi connectivity index (χ1) is 9.60. The molecule has 0 saturated heterocycles. The molecule has 0 fully saturated rings. The second-order valence-corrected chi connectivity index (χ2v) is 5.09. The lowest BCUT2D eigenvalue weighted by Gasteiger charge is -2.07. The van der Waals surface area contributed by atoms with Crippen LogP contribution < -0.4 is 5.32 Å². The van der Waals surface area contributed by atoms with Gasteiger partial charge in [0.15, 0.2) is 0 Å². The largest absolute Gasteiger partial charge is 0.462 e. The van der Waals surface area contributed by atoms with Gasteiger partial charge in [-0.2, -0.15) is 0 Å². The zero-order valence-electron chi connectivity index (χ0n) is 11.6. The number of aromatic nitrogens is 3. The van der Waals surface area contributed by atoms with Gasteiger partial charge in [-0.05, 0) is 20.8 Å². The Hall–Kier alpha value is -2.02. The molecule has 0 atom stereocenters. The summed E-state index contributed by atoms with van der Waals surface area (Å²) < 4.78 is 4.93. The maximum absolute atomic E-state index is 11.6. The summed E-state index contributed by atoms with van der Waals surface area (Å²) in [7, 11) is 0. The molecule has 0 radical (unpaired) electrons. The molecule has 7 heteroatoms. The Kier molecular flexibility index (Phi) is 4.62. The number of rotatable bonds is 5. The molecule has 0 saturated carbocycles. The minimum absolute atomic E-state index is 0.335. The number of hydrogen-bond acceptors (Lipinski definition) is 7. The fourth-order valence-corrected chi connectivity index (χ4v) is 2.31. The number of esters is 1. The van der Waals surface area contributed by atoms with Crippen LogP contribution in [0.3, 0.4) is 0 Å². The Bertz CT molecular complexity index is 612. The fraction of sp³-hybridized carbons (Fsp3) is 0.385. The number of aryl methyl sites for hydroxylation is 2. The third-order valence-electron chi connectivity index (χ3n) is 2.54. The van der Waals surface area contributed by atoms with Crippen molar-refractivity contribution in [2.75, 3.05) is 11.9 Å². The summed E-state index contributed by atoms with van der Waals surface area (Å²) in [5, 5.41) is 6.05. The molecule has 0 unspecified atom stereocenters. The monoisotopic (exact) mass is 292 g/mol. The second-order valence-electron chi connectivity index (χ2n) is 4.15. The molecular weight excluding hydrogens is 276 g/mol. The van der Waals surface area contributed by atoms with E-state index in [0.29, 0.717) is 30.4 Å². The minimum atomic E-state index is -0.396. The van der Waals surface area contributed by atoms with E-state index >= 15 is 0 Å². The van der Waals surface area contributed by atoms with Gasteiger partial charge < -0.3 is 10.1 Å². The Balaban J connectivity index is 2.03. The van der Waals surface area contributed by atoms with Crippen molar-refractivity contribution in [3.63, 3.8) is 0 Å². The van der Waals surface area contributed by atoms with E-state index in [-0.39, 0.29) is 0 Å². The highest BCUT2D eigenvalue weighted by Gasteiger charge is 2.12. The average molecular weight is 292 g/mol. The van der Waals surface area contributed by atoms with E-state index < -0.39 is 5.97 Å². The van der Waals surface area contributed by atoms with Crippen molar-refractivity contribution in [1.82, 2.24) is 15.0 Å². The predicted octanol–water partition coefficient (Wildman–Crippen LogP) is 2.34. The normalized spacial score (nSPS) is 10.3. The van der Waals surface area contributed by atoms with Crippen LogP contribution in [0.1, 0.15) is 33.7 Å². The molecule has 2 aromatic heterocycles. The van der Waals surface area contributed by atoms with E-state index in [0.717, 1.165) is 10.7 Å². The van der Waals surface area contributed by atoms with Gasteiger partial charge in [-0.15, -0.1) is 11.3 Å². The van der Waals surface area contributed by atoms with Crippen LogP contribution in [0.25, 0.3) is 0 Å². The van der Waals surface area contributed by atoms with E-state index in [1.54, 1.807) is 25.2 Å². The lowest BCUT2D eigenvalue weighted by atomic mass is 10.2. The van der Waals surface area contributed by atoms with Crippen LogP contribution in [0.2, 0.25) is 0 Å². The number of thiazole rings is 1.